The van der Waals surface area contributed by atoms with Gasteiger partial charge in [-0.1, -0.05) is 6.92 Å². The van der Waals surface area contributed by atoms with Gasteiger partial charge in [0.05, 0.1) is 18.0 Å². The number of rotatable bonds is 6. The van der Waals surface area contributed by atoms with Gasteiger partial charge in [0, 0.05) is 25.4 Å². The second kappa shape index (κ2) is 6.82. The van der Waals surface area contributed by atoms with Gasteiger partial charge in [0.1, 0.15) is 9.88 Å². The molecular weight excluding hydrogens is 288 g/mol. The molecule has 0 bridgehead atoms. The zero-order valence-corrected chi connectivity index (χ0v) is 13.3. The molecule has 0 aromatic carbocycles. The van der Waals surface area contributed by atoms with Crippen LogP contribution in [-0.2, 0) is 7.05 Å². The van der Waals surface area contributed by atoms with Crippen molar-refractivity contribution in [2.24, 2.45) is 7.05 Å². The first-order valence-corrected chi connectivity index (χ1v) is 7.75. The second-order valence-electron chi connectivity index (χ2n) is 4.94. The third-order valence-corrected chi connectivity index (χ3v) is 4.39. The van der Waals surface area contributed by atoms with Gasteiger partial charge in [-0.2, -0.15) is 5.10 Å². The number of amides is 1. The summed E-state index contributed by atoms with van der Waals surface area (Å²) in [6.45, 7) is 4.21. The molecule has 6 nitrogen and oxygen atoms in total. The first-order chi connectivity index (χ1) is 10.0. The van der Waals surface area contributed by atoms with E-state index in [1.807, 2.05) is 27.1 Å². The zero-order valence-electron chi connectivity index (χ0n) is 12.5. The summed E-state index contributed by atoms with van der Waals surface area (Å²) in [5.41, 5.74) is 1.62. The van der Waals surface area contributed by atoms with Crippen LogP contribution in [0.3, 0.4) is 0 Å². The largest absolute Gasteiger partial charge is 0.393 e. The molecule has 0 radical (unpaired) electrons. The maximum Gasteiger partial charge on any atom is 0.263 e. The lowest BCUT2D eigenvalue weighted by Gasteiger charge is -2.08. The molecule has 7 heteroatoms. The van der Waals surface area contributed by atoms with Gasteiger partial charge in [0.2, 0.25) is 0 Å². The highest BCUT2D eigenvalue weighted by Gasteiger charge is 2.16. The smallest absolute Gasteiger partial charge is 0.263 e. The molecule has 2 rings (SSSR count). The van der Waals surface area contributed by atoms with E-state index in [1.54, 1.807) is 10.9 Å². The SMILES string of the molecule is CCC(O)CCNC(=O)c1sc(-c2cnn(C)c2)nc1C. The van der Waals surface area contributed by atoms with Crippen molar-refractivity contribution in [1.29, 1.82) is 0 Å². The highest BCUT2D eigenvalue weighted by molar-refractivity contribution is 7.17. The summed E-state index contributed by atoms with van der Waals surface area (Å²) in [6.07, 6.45) is 4.50. The fourth-order valence-electron chi connectivity index (χ4n) is 1.90. The minimum absolute atomic E-state index is 0.136. The molecular formula is C14H20N4O2S. The van der Waals surface area contributed by atoms with Gasteiger partial charge >= 0.3 is 0 Å². The second-order valence-corrected chi connectivity index (χ2v) is 5.94. The van der Waals surface area contributed by atoms with Gasteiger partial charge in [-0.25, -0.2) is 4.98 Å². The molecule has 0 spiro atoms. The number of carbonyl (C=O) groups excluding carboxylic acids is 1. The quantitative estimate of drug-likeness (QED) is 0.852. The number of hydrogen-bond donors (Lipinski definition) is 2. The predicted octanol–water partition coefficient (Wildman–Crippen LogP) is 1.74. The van der Waals surface area contributed by atoms with E-state index >= 15 is 0 Å². The van der Waals surface area contributed by atoms with Gasteiger partial charge < -0.3 is 10.4 Å². The molecule has 0 aliphatic rings. The van der Waals surface area contributed by atoms with Gasteiger partial charge in [-0.15, -0.1) is 11.3 Å². The van der Waals surface area contributed by atoms with E-state index in [-0.39, 0.29) is 12.0 Å². The number of aliphatic hydroxyl groups excluding tert-OH is 1. The van der Waals surface area contributed by atoms with Crippen LogP contribution in [0.2, 0.25) is 0 Å². The molecule has 21 heavy (non-hydrogen) atoms. The van der Waals surface area contributed by atoms with Crippen LogP contribution in [0, 0.1) is 6.92 Å². The summed E-state index contributed by atoms with van der Waals surface area (Å²) in [7, 11) is 1.84. The number of aryl methyl sites for hydroxylation is 2. The Labute approximate surface area is 127 Å². The van der Waals surface area contributed by atoms with Crippen LogP contribution in [0.4, 0.5) is 0 Å². The fourth-order valence-corrected chi connectivity index (χ4v) is 2.86. The molecule has 2 aromatic heterocycles. The zero-order chi connectivity index (χ0) is 15.4. The lowest BCUT2D eigenvalue weighted by Crippen LogP contribution is -2.26. The number of carbonyl (C=O) groups is 1. The molecule has 1 unspecified atom stereocenters. The van der Waals surface area contributed by atoms with E-state index in [0.29, 0.717) is 30.0 Å². The summed E-state index contributed by atoms with van der Waals surface area (Å²) in [5.74, 6) is -0.136. The minimum Gasteiger partial charge on any atom is -0.393 e. The maximum atomic E-state index is 12.1. The van der Waals surface area contributed by atoms with Crippen LogP contribution in [0.25, 0.3) is 10.6 Å². The average Bonchev–Trinajstić information content (AvgIpc) is 3.04. The van der Waals surface area contributed by atoms with Gasteiger partial charge in [0.15, 0.2) is 0 Å². The Morgan fingerprint density at radius 1 is 1.57 bits per heavy atom. The number of hydrogen-bond acceptors (Lipinski definition) is 5. The highest BCUT2D eigenvalue weighted by atomic mass is 32.1. The van der Waals surface area contributed by atoms with Crippen molar-refractivity contribution in [3.8, 4) is 10.6 Å². The van der Waals surface area contributed by atoms with Gasteiger partial charge in [-0.3, -0.25) is 9.48 Å². The predicted molar refractivity (Wildman–Crippen MR) is 82.3 cm³/mol. The molecule has 0 aliphatic heterocycles. The average molecular weight is 308 g/mol. The Hall–Kier alpha value is -1.73. The van der Waals surface area contributed by atoms with Crippen molar-refractivity contribution in [1.82, 2.24) is 20.1 Å². The normalized spacial score (nSPS) is 12.4. The van der Waals surface area contributed by atoms with Crippen LogP contribution in [0.15, 0.2) is 12.4 Å². The summed E-state index contributed by atoms with van der Waals surface area (Å²) < 4.78 is 1.71. The van der Waals surface area contributed by atoms with E-state index < -0.39 is 0 Å². The van der Waals surface area contributed by atoms with E-state index in [4.69, 9.17) is 0 Å². The number of thiazole rings is 1. The van der Waals surface area contributed by atoms with Crippen molar-refractivity contribution in [3.05, 3.63) is 23.0 Å². The van der Waals surface area contributed by atoms with Crippen LogP contribution in [0.1, 0.15) is 35.1 Å². The van der Waals surface area contributed by atoms with E-state index in [2.05, 4.69) is 15.4 Å². The summed E-state index contributed by atoms with van der Waals surface area (Å²) in [5, 5.41) is 17.2. The van der Waals surface area contributed by atoms with Crippen LogP contribution in [0.5, 0.6) is 0 Å². The molecule has 0 fully saturated rings. The third-order valence-electron chi connectivity index (χ3n) is 3.19. The molecule has 2 N–H and O–H groups in total. The molecule has 2 heterocycles. The summed E-state index contributed by atoms with van der Waals surface area (Å²) in [4.78, 5) is 17.2. The Morgan fingerprint density at radius 3 is 2.95 bits per heavy atom. The number of nitrogens with zero attached hydrogens (tertiary/aromatic N) is 3. The van der Waals surface area contributed by atoms with Crippen molar-refractivity contribution >= 4 is 17.2 Å². The Balaban J connectivity index is 2.03. The van der Waals surface area contributed by atoms with E-state index in [9.17, 15) is 9.90 Å². The minimum atomic E-state index is -0.362. The Kier molecular flexibility index (Phi) is 5.08. The van der Waals surface area contributed by atoms with E-state index in [0.717, 1.165) is 10.6 Å². The van der Waals surface area contributed by atoms with Crippen molar-refractivity contribution < 1.29 is 9.90 Å². The molecule has 0 saturated carbocycles. The van der Waals surface area contributed by atoms with E-state index in [1.165, 1.54) is 11.3 Å². The molecule has 2 aromatic rings. The van der Waals surface area contributed by atoms with Crippen molar-refractivity contribution in [2.45, 2.75) is 32.8 Å². The van der Waals surface area contributed by atoms with Gasteiger partial charge in [0.25, 0.3) is 5.91 Å². The highest BCUT2D eigenvalue weighted by Crippen LogP contribution is 2.27. The molecule has 114 valence electrons. The monoisotopic (exact) mass is 308 g/mol. The molecule has 1 amide bonds. The molecule has 1 atom stereocenters. The topological polar surface area (TPSA) is 80.0 Å². The Morgan fingerprint density at radius 2 is 2.33 bits per heavy atom. The first-order valence-electron chi connectivity index (χ1n) is 6.94. The summed E-state index contributed by atoms with van der Waals surface area (Å²) >= 11 is 1.36. The maximum absolute atomic E-state index is 12.1. The first kappa shape index (κ1) is 15.7. The number of nitrogens with one attached hydrogen (secondary N) is 1. The lowest BCUT2D eigenvalue weighted by molar-refractivity contribution is 0.0945. The standard InChI is InChI=1S/C14H20N4O2S/c1-4-11(19)5-6-15-13(20)12-9(2)17-14(21-12)10-7-16-18(3)8-10/h7-8,11,19H,4-6H2,1-3H3,(H,15,20). The summed E-state index contributed by atoms with van der Waals surface area (Å²) in [6, 6.07) is 0. The van der Waals surface area contributed by atoms with Crippen LogP contribution in [-0.4, -0.2) is 38.4 Å². The number of aromatic nitrogens is 3. The van der Waals surface area contributed by atoms with Crippen molar-refractivity contribution in [2.75, 3.05) is 6.54 Å². The van der Waals surface area contributed by atoms with Crippen LogP contribution >= 0.6 is 11.3 Å². The van der Waals surface area contributed by atoms with Gasteiger partial charge in [-0.05, 0) is 19.8 Å². The molecule has 0 saturated heterocycles. The Bertz CT molecular complexity index is 620. The third kappa shape index (κ3) is 3.89. The molecule has 0 aliphatic carbocycles. The number of aliphatic hydroxyl groups is 1. The van der Waals surface area contributed by atoms with Crippen molar-refractivity contribution in [3.63, 3.8) is 0 Å². The fraction of sp³-hybridized carbons (Fsp3) is 0.500. The lowest BCUT2D eigenvalue weighted by atomic mass is 10.2. The van der Waals surface area contributed by atoms with Crippen LogP contribution < -0.4 is 5.32 Å².